The minimum absolute atomic E-state index is 0.0659. The molecule has 0 spiro atoms. The van der Waals surface area contributed by atoms with E-state index in [1.54, 1.807) is 26.1 Å². The fourth-order valence-electron chi connectivity index (χ4n) is 5.17. The minimum atomic E-state index is -0.650. The van der Waals surface area contributed by atoms with Gasteiger partial charge in [-0.15, -0.1) is 0 Å². The lowest BCUT2D eigenvalue weighted by molar-refractivity contribution is -0.121. The van der Waals surface area contributed by atoms with Crippen LogP contribution in [-0.2, 0) is 10.3 Å². The van der Waals surface area contributed by atoms with E-state index < -0.39 is 41.7 Å². The van der Waals surface area contributed by atoms with E-state index in [2.05, 4.69) is 10.2 Å². The summed E-state index contributed by atoms with van der Waals surface area (Å²) < 4.78 is 40.2. The average molecular weight is 558 g/mol. The number of hydrogen-bond acceptors (Lipinski definition) is 3. The Bertz CT molecular complexity index is 1470. The Morgan fingerprint density at radius 1 is 1.05 bits per heavy atom. The van der Waals surface area contributed by atoms with Gasteiger partial charge in [-0.2, -0.15) is 0 Å². The second kappa shape index (κ2) is 12.8. The molecule has 1 aliphatic heterocycles. The molecule has 4 rings (SSSR count). The van der Waals surface area contributed by atoms with Crippen LogP contribution in [0, 0.1) is 0 Å². The van der Waals surface area contributed by atoms with Gasteiger partial charge in [-0.05, 0) is 61.2 Å². The smallest absolute Gasteiger partial charge is 0.253 e. The minimum Gasteiger partial charge on any atom is -0.347 e. The van der Waals surface area contributed by atoms with Gasteiger partial charge in [0.2, 0.25) is 5.91 Å². The number of nitrogens with one attached hydrogen (secondary N) is 1. The standard InChI is InChI=1S/C31H35Cl2N3O2/c1-23(37)34-31(27-11-7-4-8-12-27)16-19-36(20-17-31)18-15-26(25-13-14-28(32)29(33)21-25)22-35(2)30(38)24-9-5-3-6-10-24/h3-14,21,26H,15-20,22H2,1-2H3,(H,34,37)/t26-/m1/s1/i3D,5D,6D,9D,10D. The van der Waals surface area contributed by atoms with Crippen molar-refractivity contribution in [2.45, 2.75) is 37.6 Å². The van der Waals surface area contributed by atoms with Gasteiger partial charge in [0, 0.05) is 45.1 Å². The van der Waals surface area contributed by atoms with Crippen molar-refractivity contribution in [2.24, 2.45) is 0 Å². The van der Waals surface area contributed by atoms with Gasteiger partial charge < -0.3 is 15.1 Å². The molecule has 0 saturated carbocycles. The Hall–Kier alpha value is -2.86. The lowest BCUT2D eigenvalue weighted by atomic mass is 9.80. The van der Waals surface area contributed by atoms with E-state index in [9.17, 15) is 9.59 Å². The number of rotatable bonds is 9. The van der Waals surface area contributed by atoms with Crippen molar-refractivity contribution in [1.82, 2.24) is 15.1 Å². The van der Waals surface area contributed by atoms with Gasteiger partial charge in [-0.1, -0.05) is 77.7 Å². The number of amides is 2. The summed E-state index contributed by atoms with van der Waals surface area (Å²) >= 11 is 12.5. The van der Waals surface area contributed by atoms with Crippen molar-refractivity contribution in [3.05, 3.63) is 105 Å². The molecule has 5 nitrogen and oxygen atoms in total. The number of nitrogens with zero attached hydrogens (tertiary/aromatic N) is 2. The highest BCUT2D eigenvalue weighted by Gasteiger charge is 2.37. The van der Waals surface area contributed by atoms with Crippen LogP contribution in [0.2, 0.25) is 10.0 Å². The summed E-state index contributed by atoms with van der Waals surface area (Å²) in [5.41, 5.74) is 1.19. The zero-order valence-corrected chi connectivity index (χ0v) is 23.1. The van der Waals surface area contributed by atoms with Crippen molar-refractivity contribution < 1.29 is 16.4 Å². The SMILES string of the molecule is [2H]c1c([2H])c([2H])c(C(=O)N(C)C[C@@H](CCN2CCC(NC(C)=O)(c3ccccc3)CC2)c2ccc(Cl)c(Cl)c2)c([2H])c1[2H]. The van der Waals surface area contributed by atoms with Crippen LogP contribution in [0.3, 0.4) is 0 Å². The summed E-state index contributed by atoms with van der Waals surface area (Å²) in [4.78, 5) is 29.3. The highest BCUT2D eigenvalue weighted by Crippen LogP contribution is 2.34. The summed E-state index contributed by atoms with van der Waals surface area (Å²) in [7, 11) is 1.57. The van der Waals surface area contributed by atoms with Crippen LogP contribution in [0.25, 0.3) is 0 Å². The largest absolute Gasteiger partial charge is 0.347 e. The normalized spacial score (nSPS) is 17.8. The van der Waals surface area contributed by atoms with Gasteiger partial charge in [-0.3, -0.25) is 9.59 Å². The Kier molecular flexibility index (Phi) is 7.41. The maximum absolute atomic E-state index is 13.5. The van der Waals surface area contributed by atoms with Gasteiger partial charge in [0.25, 0.3) is 5.91 Å². The van der Waals surface area contributed by atoms with Gasteiger partial charge >= 0.3 is 0 Å². The van der Waals surface area contributed by atoms with Crippen molar-refractivity contribution >= 4 is 35.0 Å². The first-order valence-electron chi connectivity index (χ1n) is 15.2. The molecule has 0 aromatic heterocycles. The number of benzene rings is 3. The molecular weight excluding hydrogens is 517 g/mol. The first-order chi connectivity index (χ1) is 20.3. The molecule has 2 amide bonds. The molecule has 200 valence electrons. The van der Waals surface area contributed by atoms with Crippen molar-refractivity contribution in [2.75, 3.05) is 33.2 Å². The van der Waals surface area contributed by atoms with Crippen molar-refractivity contribution in [3.8, 4) is 0 Å². The van der Waals surface area contributed by atoms with Crippen LogP contribution in [-0.4, -0.2) is 54.8 Å². The van der Waals surface area contributed by atoms with Gasteiger partial charge in [0.15, 0.2) is 0 Å². The molecule has 7 heteroatoms. The number of hydrogen-bond donors (Lipinski definition) is 1. The number of carbonyl (C=O) groups excluding carboxylic acids is 2. The van der Waals surface area contributed by atoms with Crippen LogP contribution in [0.1, 0.15) is 60.4 Å². The van der Waals surface area contributed by atoms with Crippen LogP contribution in [0.5, 0.6) is 0 Å². The number of carbonyl (C=O) groups is 2. The predicted molar refractivity (Wildman–Crippen MR) is 155 cm³/mol. The Balaban J connectivity index is 1.52. The summed E-state index contributed by atoms with van der Waals surface area (Å²) in [6, 6.07) is 12.7. The zero-order valence-electron chi connectivity index (χ0n) is 26.6. The molecule has 1 aliphatic rings. The fraction of sp³-hybridized carbons (Fsp3) is 0.355. The topological polar surface area (TPSA) is 52.7 Å². The predicted octanol–water partition coefficient (Wildman–Crippen LogP) is 6.37. The fourth-order valence-corrected chi connectivity index (χ4v) is 5.47. The Labute approximate surface area is 242 Å². The molecule has 0 unspecified atom stereocenters. The highest BCUT2D eigenvalue weighted by molar-refractivity contribution is 6.42. The number of likely N-dealkylation sites (N-methyl/N-ethyl adjacent to an activating group) is 1. The van der Waals surface area contributed by atoms with Crippen LogP contribution >= 0.6 is 23.2 Å². The van der Waals surface area contributed by atoms with E-state index in [1.165, 1.54) is 4.90 Å². The maximum atomic E-state index is 13.5. The monoisotopic (exact) mass is 556 g/mol. The summed E-state index contributed by atoms with van der Waals surface area (Å²) in [6.07, 6.45) is 2.17. The zero-order chi connectivity index (χ0) is 31.5. The molecule has 1 heterocycles. The van der Waals surface area contributed by atoms with Crippen molar-refractivity contribution in [1.29, 1.82) is 0 Å². The van der Waals surface area contributed by atoms with Gasteiger partial charge in [-0.25, -0.2) is 0 Å². The second-order valence-corrected chi connectivity index (χ2v) is 10.6. The molecule has 3 aromatic carbocycles. The Morgan fingerprint density at radius 2 is 1.74 bits per heavy atom. The van der Waals surface area contributed by atoms with E-state index in [4.69, 9.17) is 30.1 Å². The second-order valence-electron chi connectivity index (χ2n) is 9.82. The van der Waals surface area contributed by atoms with Gasteiger partial charge in [0.1, 0.15) is 0 Å². The molecule has 1 N–H and O–H groups in total. The first kappa shape index (κ1) is 22.0. The lowest BCUT2D eigenvalue weighted by Crippen LogP contribution is -2.52. The molecule has 0 radical (unpaired) electrons. The summed E-state index contributed by atoms with van der Waals surface area (Å²) in [5, 5.41) is 4.01. The van der Waals surface area contributed by atoms with E-state index in [0.29, 0.717) is 23.0 Å². The van der Waals surface area contributed by atoms with E-state index in [-0.39, 0.29) is 23.9 Å². The quantitative estimate of drug-likeness (QED) is 0.333. The third-order valence-corrected chi connectivity index (χ3v) is 7.95. The average Bonchev–Trinajstić information content (AvgIpc) is 2.99. The highest BCUT2D eigenvalue weighted by atomic mass is 35.5. The van der Waals surface area contributed by atoms with E-state index in [0.717, 1.165) is 37.1 Å². The molecular formula is C31H35Cl2N3O2. The number of piperidine rings is 1. The third-order valence-electron chi connectivity index (χ3n) is 7.21. The molecule has 38 heavy (non-hydrogen) atoms. The van der Waals surface area contributed by atoms with Gasteiger partial charge in [0.05, 0.1) is 22.4 Å². The van der Waals surface area contributed by atoms with Crippen LogP contribution in [0.15, 0.2) is 78.7 Å². The third kappa shape index (κ3) is 6.96. The summed E-state index contributed by atoms with van der Waals surface area (Å²) in [5.74, 6) is -0.892. The lowest BCUT2D eigenvalue weighted by Gasteiger charge is -2.43. The molecule has 0 bridgehead atoms. The van der Waals surface area contributed by atoms with Crippen LogP contribution in [0.4, 0.5) is 0 Å². The Morgan fingerprint density at radius 3 is 2.37 bits per heavy atom. The molecule has 1 fully saturated rings. The molecule has 1 saturated heterocycles. The molecule has 3 aromatic rings. The first-order valence-corrected chi connectivity index (χ1v) is 13.4. The van der Waals surface area contributed by atoms with E-state index in [1.807, 2.05) is 36.4 Å². The maximum Gasteiger partial charge on any atom is 0.253 e. The summed E-state index contributed by atoms with van der Waals surface area (Å²) in [6.45, 7) is 4.02. The molecule has 0 aliphatic carbocycles. The number of likely N-dealkylation sites (tertiary alicyclic amines) is 1. The number of halogens is 2. The van der Waals surface area contributed by atoms with Crippen LogP contribution < -0.4 is 5.32 Å². The molecule has 1 atom stereocenters. The van der Waals surface area contributed by atoms with E-state index >= 15 is 0 Å². The van der Waals surface area contributed by atoms with Crippen molar-refractivity contribution in [3.63, 3.8) is 0 Å².